The molecule has 3 aliphatic heterocycles. The Bertz CT molecular complexity index is 895. The minimum Gasteiger partial charge on any atom is -0.454 e. The lowest BCUT2D eigenvalue weighted by Crippen LogP contribution is -2.51. The fraction of sp³-hybridized carbons (Fsp3) is 0.458. The smallest absolute Gasteiger partial charge is 0.231 e. The molecule has 2 aromatic rings. The van der Waals surface area contributed by atoms with Crippen LogP contribution in [0, 0.1) is 0 Å². The van der Waals surface area contributed by atoms with Crippen molar-refractivity contribution in [3.63, 3.8) is 0 Å². The Labute approximate surface area is 177 Å². The van der Waals surface area contributed by atoms with Crippen LogP contribution in [0.5, 0.6) is 11.5 Å². The first-order valence-corrected chi connectivity index (χ1v) is 10.8. The summed E-state index contributed by atoms with van der Waals surface area (Å²) in [5.41, 5.74) is 2.32. The molecule has 2 aromatic carbocycles. The highest BCUT2D eigenvalue weighted by atomic mass is 16.7. The molecule has 158 valence electrons. The Morgan fingerprint density at radius 3 is 2.33 bits per heavy atom. The summed E-state index contributed by atoms with van der Waals surface area (Å²) in [6, 6.07) is 17.0. The topological polar surface area (TPSA) is 51.2 Å². The van der Waals surface area contributed by atoms with Crippen LogP contribution in [-0.4, -0.2) is 54.7 Å². The number of benzene rings is 2. The molecule has 0 unspecified atom stereocenters. The van der Waals surface area contributed by atoms with Crippen LogP contribution in [-0.2, 0) is 9.53 Å². The van der Waals surface area contributed by atoms with E-state index in [0.29, 0.717) is 6.04 Å². The summed E-state index contributed by atoms with van der Waals surface area (Å²) in [6.45, 7) is 5.32. The van der Waals surface area contributed by atoms with Crippen LogP contribution in [0.4, 0.5) is 0 Å². The Balaban J connectivity index is 1.38. The third-order valence-corrected chi connectivity index (χ3v) is 6.50. The maximum absolute atomic E-state index is 11.7. The molecule has 0 bridgehead atoms. The van der Waals surface area contributed by atoms with E-state index in [1.807, 2.05) is 17.0 Å². The molecule has 6 nitrogen and oxygen atoms in total. The van der Waals surface area contributed by atoms with E-state index in [9.17, 15) is 4.79 Å². The zero-order valence-corrected chi connectivity index (χ0v) is 17.3. The summed E-state index contributed by atoms with van der Waals surface area (Å²) in [7, 11) is 0. The minimum absolute atomic E-state index is 0.0150. The van der Waals surface area contributed by atoms with Gasteiger partial charge in [0.05, 0.1) is 12.2 Å². The molecule has 0 aromatic heterocycles. The molecule has 6 heteroatoms. The van der Waals surface area contributed by atoms with Crippen molar-refractivity contribution in [3.8, 4) is 11.5 Å². The van der Waals surface area contributed by atoms with Crippen molar-refractivity contribution in [2.45, 2.75) is 38.0 Å². The molecule has 3 heterocycles. The van der Waals surface area contributed by atoms with Gasteiger partial charge in [-0.15, -0.1) is 0 Å². The molecule has 0 saturated carbocycles. The van der Waals surface area contributed by atoms with Crippen molar-refractivity contribution in [3.05, 3.63) is 59.7 Å². The van der Waals surface area contributed by atoms with Crippen LogP contribution in [0.25, 0.3) is 0 Å². The number of rotatable bonds is 3. The third-order valence-electron chi connectivity index (χ3n) is 6.50. The summed E-state index contributed by atoms with van der Waals surface area (Å²) in [5.74, 6) is 1.76. The van der Waals surface area contributed by atoms with Gasteiger partial charge in [-0.05, 0) is 36.1 Å². The number of fused-ring (bicyclic) bond motifs is 1. The lowest BCUT2D eigenvalue weighted by atomic mass is 9.97. The van der Waals surface area contributed by atoms with Gasteiger partial charge < -0.3 is 19.1 Å². The molecule has 0 spiro atoms. The number of carbonyl (C=O) groups excluding carboxylic acids is 1. The summed E-state index contributed by atoms with van der Waals surface area (Å²) >= 11 is 0. The number of morpholine rings is 1. The van der Waals surface area contributed by atoms with E-state index in [1.165, 1.54) is 5.56 Å². The van der Waals surface area contributed by atoms with Crippen LogP contribution in [0.1, 0.15) is 43.1 Å². The minimum atomic E-state index is -0.0377. The summed E-state index contributed by atoms with van der Waals surface area (Å²) in [5, 5.41) is 0. The van der Waals surface area contributed by atoms with E-state index in [4.69, 9.17) is 14.2 Å². The van der Waals surface area contributed by atoms with Crippen LogP contribution >= 0.6 is 0 Å². The van der Waals surface area contributed by atoms with E-state index < -0.39 is 0 Å². The highest BCUT2D eigenvalue weighted by molar-refractivity contribution is 5.73. The van der Waals surface area contributed by atoms with Crippen LogP contribution < -0.4 is 9.47 Å². The average Bonchev–Trinajstić information content (AvgIpc) is 3.27. The van der Waals surface area contributed by atoms with Crippen molar-refractivity contribution in [1.82, 2.24) is 9.80 Å². The first-order valence-electron chi connectivity index (χ1n) is 10.8. The number of carbonyl (C=O) groups is 1. The Morgan fingerprint density at radius 2 is 1.60 bits per heavy atom. The number of hydrogen-bond donors (Lipinski definition) is 0. The Kier molecular flexibility index (Phi) is 5.35. The number of piperidine rings is 1. The molecule has 2 atom stereocenters. The van der Waals surface area contributed by atoms with Gasteiger partial charge in [0.1, 0.15) is 0 Å². The normalized spacial score (nSPS) is 24.8. The zero-order chi connectivity index (χ0) is 20.5. The van der Waals surface area contributed by atoms with Gasteiger partial charge in [-0.25, -0.2) is 0 Å². The van der Waals surface area contributed by atoms with E-state index in [0.717, 1.165) is 56.1 Å². The summed E-state index contributed by atoms with van der Waals surface area (Å²) in [6.07, 6.45) is 2.00. The molecule has 5 rings (SSSR count). The molecule has 0 radical (unpaired) electrons. The fourth-order valence-electron chi connectivity index (χ4n) is 4.78. The molecule has 30 heavy (non-hydrogen) atoms. The molecule has 3 aliphatic rings. The molecule has 0 aliphatic carbocycles. The van der Waals surface area contributed by atoms with Gasteiger partial charge in [-0.3, -0.25) is 9.69 Å². The molecule has 2 fully saturated rings. The van der Waals surface area contributed by atoms with Crippen molar-refractivity contribution < 1.29 is 19.0 Å². The quantitative estimate of drug-likeness (QED) is 0.778. The largest absolute Gasteiger partial charge is 0.454 e. The second-order valence-corrected chi connectivity index (χ2v) is 8.33. The van der Waals surface area contributed by atoms with Crippen molar-refractivity contribution >= 4 is 5.91 Å². The highest BCUT2D eigenvalue weighted by Crippen LogP contribution is 2.39. The monoisotopic (exact) mass is 408 g/mol. The van der Waals surface area contributed by atoms with Gasteiger partial charge in [0, 0.05) is 39.1 Å². The maximum atomic E-state index is 11.7. The van der Waals surface area contributed by atoms with E-state index >= 15 is 0 Å². The second-order valence-electron chi connectivity index (χ2n) is 8.33. The maximum Gasteiger partial charge on any atom is 0.231 e. The molecular formula is C24H28N2O4. The number of amides is 1. The predicted molar refractivity (Wildman–Crippen MR) is 112 cm³/mol. The van der Waals surface area contributed by atoms with E-state index in [-0.39, 0.29) is 24.9 Å². The highest BCUT2D eigenvalue weighted by Gasteiger charge is 2.35. The number of likely N-dealkylation sites (tertiary alicyclic amines) is 1. The van der Waals surface area contributed by atoms with Gasteiger partial charge in [0.2, 0.25) is 12.7 Å². The van der Waals surface area contributed by atoms with Crippen LogP contribution in [0.3, 0.4) is 0 Å². The lowest BCUT2D eigenvalue weighted by molar-refractivity contribution is -0.132. The molecular weight excluding hydrogens is 380 g/mol. The second kappa shape index (κ2) is 8.28. The fourth-order valence-corrected chi connectivity index (χ4v) is 4.78. The van der Waals surface area contributed by atoms with Crippen molar-refractivity contribution in [1.29, 1.82) is 0 Å². The summed E-state index contributed by atoms with van der Waals surface area (Å²) in [4.78, 5) is 16.2. The summed E-state index contributed by atoms with van der Waals surface area (Å²) < 4.78 is 17.7. The molecule has 2 saturated heterocycles. The molecule has 0 N–H and O–H groups in total. The number of ether oxygens (including phenoxy) is 3. The van der Waals surface area contributed by atoms with Crippen molar-refractivity contribution in [2.75, 3.05) is 33.0 Å². The van der Waals surface area contributed by atoms with Crippen LogP contribution in [0.2, 0.25) is 0 Å². The Morgan fingerprint density at radius 1 is 0.900 bits per heavy atom. The van der Waals surface area contributed by atoms with Gasteiger partial charge in [0.15, 0.2) is 11.5 Å². The lowest BCUT2D eigenvalue weighted by Gasteiger charge is -2.45. The predicted octanol–water partition coefficient (Wildman–Crippen LogP) is 3.54. The molecule has 1 amide bonds. The van der Waals surface area contributed by atoms with Gasteiger partial charge in [0.25, 0.3) is 0 Å². The number of nitrogens with zero attached hydrogens (tertiary/aromatic N) is 2. The average molecular weight is 408 g/mol. The Hall–Kier alpha value is -2.57. The first-order chi connectivity index (χ1) is 14.7. The van der Waals surface area contributed by atoms with E-state index in [2.05, 4.69) is 41.3 Å². The van der Waals surface area contributed by atoms with Gasteiger partial charge in [-0.1, -0.05) is 36.4 Å². The van der Waals surface area contributed by atoms with Crippen LogP contribution in [0.15, 0.2) is 48.5 Å². The van der Waals surface area contributed by atoms with Crippen molar-refractivity contribution in [2.24, 2.45) is 0 Å². The first kappa shape index (κ1) is 19.4. The third kappa shape index (κ3) is 3.89. The SMILES string of the molecule is CC(=O)N1CCC(N2C[C@@H](c3ccccc3)O[C@@H](c3ccc4c(c3)OCO4)C2)CC1. The standard InChI is InChI=1S/C24H28N2O4/c1-17(27)25-11-9-20(10-12-25)26-14-23(18-5-3-2-4-6-18)30-24(15-26)19-7-8-21-22(13-19)29-16-28-21/h2-8,13,20,23-24H,9-12,14-16H2,1H3/t23-,24+/m0/s1. The van der Waals surface area contributed by atoms with E-state index in [1.54, 1.807) is 6.92 Å². The van der Waals surface area contributed by atoms with Gasteiger partial charge in [-0.2, -0.15) is 0 Å². The number of hydrogen-bond acceptors (Lipinski definition) is 5. The zero-order valence-electron chi connectivity index (χ0n) is 17.3. The van der Waals surface area contributed by atoms with Gasteiger partial charge >= 0.3 is 0 Å².